The maximum absolute atomic E-state index is 6.18. The Bertz CT molecular complexity index is 1230. The van der Waals surface area contributed by atoms with E-state index in [1.807, 2.05) is 47.2 Å². The molecule has 27 heavy (non-hydrogen) atoms. The molecule has 0 N–H and O–H groups in total. The first-order valence-electron chi connectivity index (χ1n) is 7.79. The molecule has 0 saturated carbocycles. The Morgan fingerprint density at radius 1 is 1.00 bits per heavy atom. The van der Waals surface area contributed by atoms with Crippen LogP contribution < -0.4 is 0 Å². The SMILES string of the molecule is Clc1ccccc1-c1nnc(Sc2ccc3nnc(-c4ccsc4)n3n2)o1. The van der Waals surface area contributed by atoms with Gasteiger partial charge in [-0.1, -0.05) is 23.7 Å². The molecule has 0 saturated heterocycles. The van der Waals surface area contributed by atoms with Gasteiger partial charge < -0.3 is 4.42 Å². The van der Waals surface area contributed by atoms with Crippen LogP contribution in [-0.4, -0.2) is 30.0 Å². The third kappa shape index (κ3) is 3.09. The van der Waals surface area contributed by atoms with E-state index in [9.17, 15) is 0 Å². The van der Waals surface area contributed by atoms with Crippen LogP contribution in [0.5, 0.6) is 0 Å². The number of thiophene rings is 1. The van der Waals surface area contributed by atoms with Gasteiger partial charge in [-0.25, -0.2) is 0 Å². The zero-order chi connectivity index (χ0) is 18.2. The first-order chi connectivity index (χ1) is 13.3. The Balaban J connectivity index is 1.47. The van der Waals surface area contributed by atoms with E-state index in [0.717, 1.165) is 5.56 Å². The lowest BCUT2D eigenvalue weighted by molar-refractivity contribution is 0.465. The maximum atomic E-state index is 6.18. The summed E-state index contributed by atoms with van der Waals surface area (Å²) in [6.45, 7) is 0. The molecular formula is C17H9ClN6OS2. The van der Waals surface area contributed by atoms with Gasteiger partial charge in [-0.05, 0) is 47.5 Å². The zero-order valence-electron chi connectivity index (χ0n) is 13.5. The second kappa shape index (κ2) is 6.76. The van der Waals surface area contributed by atoms with Gasteiger partial charge in [0, 0.05) is 10.9 Å². The van der Waals surface area contributed by atoms with Crippen LogP contribution in [-0.2, 0) is 0 Å². The highest BCUT2D eigenvalue weighted by molar-refractivity contribution is 7.99. The van der Waals surface area contributed by atoms with Gasteiger partial charge in [0.2, 0.25) is 5.89 Å². The summed E-state index contributed by atoms with van der Waals surface area (Å²) in [5.74, 6) is 1.06. The van der Waals surface area contributed by atoms with Crippen molar-refractivity contribution in [3.8, 4) is 22.8 Å². The molecule has 5 rings (SSSR count). The predicted octanol–water partition coefficient (Wildman–Crippen LogP) is 4.71. The van der Waals surface area contributed by atoms with Gasteiger partial charge in [0.25, 0.3) is 5.22 Å². The molecule has 0 aliphatic rings. The summed E-state index contributed by atoms with van der Waals surface area (Å²) in [5, 5.41) is 26.7. The van der Waals surface area contributed by atoms with Crippen molar-refractivity contribution in [2.75, 3.05) is 0 Å². The largest absolute Gasteiger partial charge is 0.411 e. The van der Waals surface area contributed by atoms with Gasteiger partial charge in [-0.3, -0.25) is 0 Å². The number of benzene rings is 1. The molecule has 0 bridgehead atoms. The molecule has 0 amide bonds. The zero-order valence-corrected chi connectivity index (χ0v) is 15.9. The molecule has 0 aliphatic carbocycles. The lowest BCUT2D eigenvalue weighted by Gasteiger charge is -1.99. The molecular weight excluding hydrogens is 404 g/mol. The van der Waals surface area contributed by atoms with Crippen molar-refractivity contribution in [1.82, 2.24) is 30.0 Å². The van der Waals surface area contributed by atoms with Gasteiger partial charge in [-0.15, -0.1) is 20.4 Å². The smallest absolute Gasteiger partial charge is 0.283 e. The van der Waals surface area contributed by atoms with Gasteiger partial charge in [0.1, 0.15) is 5.03 Å². The van der Waals surface area contributed by atoms with Gasteiger partial charge >= 0.3 is 0 Å². The van der Waals surface area contributed by atoms with E-state index >= 15 is 0 Å². The summed E-state index contributed by atoms with van der Waals surface area (Å²) in [6.07, 6.45) is 0. The number of fused-ring (bicyclic) bond motifs is 1. The fourth-order valence-electron chi connectivity index (χ4n) is 2.48. The molecule has 1 aromatic carbocycles. The van der Waals surface area contributed by atoms with Gasteiger partial charge in [0.15, 0.2) is 11.5 Å². The summed E-state index contributed by atoms with van der Waals surface area (Å²) in [4.78, 5) is 0. The highest BCUT2D eigenvalue weighted by Crippen LogP contribution is 2.31. The van der Waals surface area contributed by atoms with Crippen molar-refractivity contribution in [3.63, 3.8) is 0 Å². The number of hydrogen-bond acceptors (Lipinski definition) is 8. The van der Waals surface area contributed by atoms with E-state index in [1.54, 1.807) is 21.9 Å². The van der Waals surface area contributed by atoms with Crippen molar-refractivity contribution in [1.29, 1.82) is 0 Å². The van der Waals surface area contributed by atoms with Crippen molar-refractivity contribution in [2.24, 2.45) is 0 Å². The second-order valence-electron chi connectivity index (χ2n) is 5.43. The Morgan fingerprint density at radius 2 is 1.93 bits per heavy atom. The van der Waals surface area contributed by atoms with Crippen LogP contribution in [0.4, 0.5) is 0 Å². The maximum Gasteiger partial charge on any atom is 0.283 e. The quantitative estimate of drug-likeness (QED) is 0.422. The molecule has 0 aliphatic heterocycles. The molecule has 132 valence electrons. The van der Waals surface area contributed by atoms with E-state index in [4.69, 9.17) is 16.0 Å². The summed E-state index contributed by atoms with van der Waals surface area (Å²) in [6, 6.07) is 13.0. The predicted molar refractivity (Wildman–Crippen MR) is 103 cm³/mol. The van der Waals surface area contributed by atoms with Crippen molar-refractivity contribution in [3.05, 3.63) is 58.2 Å². The van der Waals surface area contributed by atoms with Crippen LogP contribution >= 0.6 is 34.7 Å². The molecule has 0 unspecified atom stereocenters. The minimum Gasteiger partial charge on any atom is -0.411 e. The third-order valence-corrected chi connectivity index (χ3v) is 5.50. The van der Waals surface area contributed by atoms with E-state index in [0.29, 0.717) is 38.2 Å². The minimum atomic E-state index is 0.368. The van der Waals surface area contributed by atoms with Crippen LogP contribution in [0.25, 0.3) is 28.5 Å². The molecule has 0 radical (unpaired) electrons. The number of rotatable bonds is 4. The lowest BCUT2D eigenvalue weighted by atomic mass is 10.2. The molecule has 10 heteroatoms. The Hall–Kier alpha value is -2.75. The molecule has 4 aromatic heterocycles. The third-order valence-electron chi connectivity index (χ3n) is 3.72. The van der Waals surface area contributed by atoms with Crippen LogP contribution in [0.15, 0.2) is 67.9 Å². The monoisotopic (exact) mass is 412 g/mol. The highest BCUT2D eigenvalue weighted by atomic mass is 35.5. The number of hydrogen-bond donors (Lipinski definition) is 0. The standard InChI is InChI=1S/C17H9ClN6OS2/c18-12-4-2-1-3-11(12)16-21-22-17(25-16)27-14-6-5-13-19-20-15(24(13)23-14)10-7-8-26-9-10/h1-9H. The van der Waals surface area contributed by atoms with Crippen molar-refractivity contribution in [2.45, 2.75) is 10.2 Å². The fraction of sp³-hybridized carbons (Fsp3) is 0. The normalized spacial score (nSPS) is 11.3. The highest BCUT2D eigenvalue weighted by Gasteiger charge is 2.15. The van der Waals surface area contributed by atoms with E-state index < -0.39 is 0 Å². The first-order valence-corrected chi connectivity index (χ1v) is 9.93. The Labute approximate surface area is 166 Å². The molecule has 0 atom stereocenters. The summed E-state index contributed by atoms with van der Waals surface area (Å²) < 4.78 is 7.43. The first kappa shape index (κ1) is 16.4. The van der Waals surface area contributed by atoms with Crippen LogP contribution in [0, 0.1) is 0 Å². The fourth-order valence-corrected chi connectivity index (χ4v) is 3.97. The van der Waals surface area contributed by atoms with Gasteiger partial charge in [0.05, 0.1) is 10.6 Å². The van der Waals surface area contributed by atoms with Crippen LogP contribution in [0.2, 0.25) is 5.02 Å². The molecule has 4 heterocycles. The Morgan fingerprint density at radius 3 is 2.78 bits per heavy atom. The summed E-state index contributed by atoms with van der Waals surface area (Å²) >= 11 is 9.05. The Kier molecular flexibility index (Phi) is 4.12. The number of nitrogens with zero attached hydrogens (tertiary/aromatic N) is 6. The van der Waals surface area contributed by atoms with Crippen molar-refractivity contribution < 1.29 is 4.42 Å². The number of halogens is 1. The molecule has 7 nitrogen and oxygen atoms in total. The van der Waals surface area contributed by atoms with Crippen LogP contribution in [0.1, 0.15) is 0 Å². The van der Waals surface area contributed by atoms with E-state index in [-0.39, 0.29) is 0 Å². The second-order valence-corrected chi connectivity index (χ2v) is 7.59. The average Bonchev–Trinajstić information content (AvgIpc) is 3.42. The average molecular weight is 413 g/mol. The topological polar surface area (TPSA) is 82.0 Å². The number of aromatic nitrogens is 6. The van der Waals surface area contributed by atoms with Gasteiger partial charge in [-0.2, -0.15) is 21.0 Å². The minimum absolute atomic E-state index is 0.368. The molecule has 0 spiro atoms. The summed E-state index contributed by atoms with van der Waals surface area (Å²) in [5.41, 5.74) is 2.34. The van der Waals surface area contributed by atoms with Crippen LogP contribution in [0.3, 0.4) is 0 Å². The van der Waals surface area contributed by atoms with Crippen molar-refractivity contribution >= 4 is 40.3 Å². The van der Waals surface area contributed by atoms with E-state index in [1.165, 1.54) is 11.8 Å². The molecule has 5 aromatic rings. The van der Waals surface area contributed by atoms with E-state index in [2.05, 4.69) is 25.5 Å². The summed E-state index contributed by atoms with van der Waals surface area (Å²) in [7, 11) is 0. The lowest BCUT2D eigenvalue weighted by Crippen LogP contribution is -1.95. The molecule has 0 fully saturated rings.